The first kappa shape index (κ1) is 21.2. The van der Waals surface area contributed by atoms with E-state index in [1.165, 1.54) is 0 Å². The van der Waals surface area contributed by atoms with Crippen molar-refractivity contribution < 1.29 is 40.7 Å². The van der Waals surface area contributed by atoms with E-state index in [1.54, 1.807) is 0 Å². The van der Waals surface area contributed by atoms with Crippen LogP contribution in [0.2, 0.25) is 0 Å². The van der Waals surface area contributed by atoms with Crippen LogP contribution in [0.5, 0.6) is 0 Å². The lowest BCUT2D eigenvalue weighted by atomic mass is 10.1. The van der Waals surface area contributed by atoms with Crippen LogP contribution in [0.1, 0.15) is 26.3 Å². The Bertz CT molecular complexity index is 984. The average Bonchev–Trinajstić information content (AvgIpc) is 2.65. The van der Waals surface area contributed by atoms with Gasteiger partial charge in [0.25, 0.3) is 10.0 Å². The Hall–Kier alpha value is -3.08. The number of benzene rings is 2. The van der Waals surface area contributed by atoms with Crippen molar-refractivity contribution in [2.24, 2.45) is 0 Å². The van der Waals surface area contributed by atoms with Crippen LogP contribution in [-0.2, 0) is 25.7 Å². The van der Waals surface area contributed by atoms with Gasteiger partial charge in [-0.15, -0.1) is 0 Å². The Morgan fingerprint density at radius 1 is 0.929 bits per heavy atom. The number of anilines is 1. The van der Waals surface area contributed by atoms with E-state index >= 15 is 0 Å². The molecule has 0 fully saturated rings. The van der Waals surface area contributed by atoms with Crippen LogP contribution in [0.15, 0.2) is 47.4 Å². The van der Waals surface area contributed by atoms with Gasteiger partial charge in [0.05, 0.1) is 41.5 Å². The van der Waals surface area contributed by atoms with E-state index in [0.717, 1.165) is 50.6 Å². The fraction of sp³-hybridized carbons (Fsp3) is 0.176. The third kappa shape index (κ3) is 4.80. The molecule has 0 saturated heterocycles. The van der Waals surface area contributed by atoms with E-state index in [1.807, 2.05) is 4.72 Å². The molecule has 11 heteroatoms. The van der Waals surface area contributed by atoms with Gasteiger partial charge in [0.2, 0.25) is 0 Å². The molecule has 0 aliphatic heterocycles. The van der Waals surface area contributed by atoms with Crippen molar-refractivity contribution >= 4 is 27.6 Å². The molecule has 0 spiro atoms. The van der Waals surface area contributed by atoms with Crippen molar-refractivity contribution in [2.45, 2.75) is 11.1 Å². The van der Waals surface area contributed by atoms with E-state index in [9.17, 15) is 31.2 Å². The highest BCUT2D eigenvalue weighted by Gasteiger charge is 2.31. The maximum Gasteiger partial charge on any atom is 0.416 e. The SMILES string of the molecule is COC(=O)c1cc(NS(=O)(=O)c2cccc(C(F)(F)F)c2)cc(C(=O)OC)c1. The fourth-order valence-corrected chi connectivity index (χ4v) is 3.30. The molecule has 28 heavy (non-hydrogen) atoms. The highest BCUT2D eigenvalue weighted by atomic mass is 32.2. The van der Waals surface area contributed by atoms with Crippen molar-refractivity contribution in [3.63, 3.8) is 0 Å². The molecular weight excluding hydrogens is 403 g/mol. The summed E-state index contributed by atoms with van der Waals surface area (Å²) in [5.41, 5.74) is -1.70. The third-order valence-electron chi connectivity index (χ3n) is 3.50. The van der Waals surface area contributed by atoms with Gasteiger partial charge < -0.3 is 9.47 Å². The Morgan fingerprint density at radius 2 is 1.46 bits per heavy atom. The summed E-state index contributed by atoms with van der Waals surface area (Å²) < 4.78 is 74.5. The number of methoxy groups -OCH3 is 2. The highest BCUT2D eigenvalue weighted by molar-refractivity contribution is 7.92. The molecule has 7 nitrogen and oxygen atoms in total. The summed E-state index contributed by atoms with van der Waals surface area (Å²) in [6.45, 7) is 0. The summed E-state index contributed by atoms with van der Waals surface area (Å²) in [7, 11) is -2.28. The first-order valence-corrected chi connectivity index (χ1v) is 8.98. The number of hydrogen-bond donors (Lipinski definition) is 1. The van der Waals surface area contributed by atoms with Crippen LogP contribution >= 0.6 is 0 Å². The number of carbonyl (C=O) groups is 2. The molecule has 0 aromatic heterocycles. The Balaban J connectivity index is 2.48. The number of hydrogen-bond acceptors (Lipinski definition) is 6. The number of esters is 2. The van der Waals surface area contributed by atoms with Crippen LogP contribution in [0.25, 0.3) is 0 Å². The lowest BCUT2D eigenvalue weighted by Gasteiger charge is -2.12. The van der Waals surface area contributed by atoms with Gasteiger partial charge >= 0.3 is 18.1 Å². The number of alkyl halides is 3. The zero-order valence-electron chi connectivity index (χ0n) is 14.5. The second kappa shape index (κ2) is 7.89. The van der Waals surface area contributed by atoms with Gasteiger partial charge in [-0.3, -0.25) is 4.72 Å². The predicted octanol–water partition coefficient (Wildman–Crippen LogP) is 3.08. The van der Waals surface area contributed by atoms with Gasteiger partial charge in [0.1, 0.15) is 0 Å². The molecule has 0 unspecified atom stereocenters. The summed E-state index contributed by atoms with van der Waals surface area (Å²) in [4.78, 5) is 22.8. The Morgan fingerprint density at radius 3 is 1.93 bits per heavy atom. The minimum atomic E-state index is -4.73. The largest absolute Gasteiger partial charge is 0.465 e. The molecule has 2 aromatic rings. The Kier molecular flexibility index (Phi) is 5.98. The van der Waals surface area contributed by atoms with Crippen molar-refractivity contribution in [2.75, 3.05) is 18.9 Å². The van der Waals surface area contributed by atoms with Gasteiger partial charge in [-0.05, 0) is 36.4 Å². The van der Waals surface area contributed by atoms with E-state index in [0.29, 0.717) is 6.07 Å². The molecule has 0 radical (unpaired) electrons. The fourth-order valence-electron chi connectivity index (χ4n) is 2.21. The molecular formula is C17H14F3NO6S. The minimum absolute atomic E-state index is 0.160. The monoisotopic (exact) mass is 417 g/mol. The summed E-state index contributed by atoms with van der Waals surface area (Å²) >= 11 is 0. The maximum absolute atomic E-state index is 12.8. The second-order valence-corrected chi connectivity index (χ2v) is 7.10. The van der Waals surface area contributed by atoms with Gasteiger partial charge in [-0.2, -0.15) is 13.2 Å². The van der Waals surface area contributed by atoms with Gasteiger partial charge in [-0.1, -0.05) is 6.07 Å². The predicted molar refractivity (Wildman–Crippen MR) is 91.4 cm³/mol. The smallest absolute Gasteiger partial charge is 0.416 e. The summed E-state index contributed by atoms with van der Waals surface area (Å²) in [6, 6.07) is 6.39. The summed E-state index contributed by atoms with van der Waals surface area (Å²) in [5, 5.41) is 0. The maximum atomic E-state index is 12.8. The van der Waals surface area contributed by atoms with Crippen LogP contribution in [0, 0.1) is 0 Å². The van der Waals surface area contributed by atoms with Crippen LogP contribution in [-0.4, -0.2) is 34.6 Å². The first-order chi connectivity index (χ1) is 13.0. The average molecular weight is 417 g/mol. The lowest BCUT2D eigenvalue weighted by Crippen LogP contribution is -2.16. The highest BCUT2D eigenvalue weighted by Crippen LogP contribution is 2.31. The minimum Gasteiger partial charge on any atom is -0.465 e. The number of sulfonamides is 1. The number of halogens is 3. The molecule has 0 saturated carbocycles. The van der Waals surface area contributed by atoms with E-state index in [2.05, 4.69) is 9.47 Å². The Labute approximate surface area is 158 Å². The standard InChI is InChI=1S/C17H14F3NO6S/c1-26-15(22)10-6-11(16(23)27-2)8-13(7-10)21-28(24,25)14-5-3-4-12(9-14)17(18,19)20/h3-9,21H,1-2H3. The van der Waals surface area contributed by atoms with Crippen molar-refractivity contribution in [3.05, 3.63) is 59.2 Å². The van der Waals surface area contributed by atoms with Gasteiger partial charge in [0.15, 0.2) is 0 Å². The lowest BCUT2D eigenvalue weighted by molar-refractivity contribution is -0.137. The first-order valence-electron chi connectivity index (χ1n) is 7.49. The topological polar surface area (TPSA) is 98.8 Å². The van der Waals surface area contributed by atoms with Gasteiger partial charge in [-0.25, -0.2) is 18.0 Å². The van der Waals surface area contributed by atoms with Crippen molar-refractivity contribution in [1.82, 2.24) is 0 Å². The zero-order chi connectivity index (χ0) is 21.1. The van der Waals surface area contributed by atoms with Crippen LogP contribution in [0.4, 0.5) is 18.9 Å². The van der Waals surface area contributed by atoms with Crippen molar-refractivity contribution in [1.29, 1.82) is 0 Å². The summed E-state index contributed by atoms with van der Waals surface area (Å²) in [5.74, 6) is -1.71. The van der Waals surface area contributed by atoms with Crippen LogP contribution < -0.4 is 4.72 Å². The number of rotatable bonds is 5. The molecule has 1 N–H and O–H groups in total. The molecule has 2 rings (SSSR count). The molecule has 0 atom stereocenters. The normalized spacial score (nSPS) is 11.6. The summed E-state index contributed by atoms with van der Waals surface area (Å²) in [6.07, 6.45) is -4.73. The number of carbonyl (C=O) groups excluding carboxylic acids is 2. The molecule has 0 amide bonds. The molecule has 150 valence electrons. The van der Waals surface area contributed by atoms with E-state index < -0.39 is 38.6 Å². The van der Waals surface area contributed by atoms with Crippen molar-refractivity contribution in [3.8, 4) is 0 Å². The number of nitrogens with one attached hydrogen (secondary N) is 1. The van der Waals surface area contributed by atoms with E-state index in [-0.39, 0.29) is 16.8 Å². The number of ether oxygens (including phenoxy) is 2. The molecule has 0 aliphatic rings. The van der Waals surface area contributed by atoms with E-state index in [4.69, 9.17) is 0 Å². The molecule has 0 aliphatic carbocycles. The van der Waals surface area contributed by atoms with Crippen LogP contribution in [0.3, 0.4) is 0 Å². The zero-order valence-corrected chi connectivity index (χ0v) is 15.3. The molecule has 0 heterocycles. The third-order valence-corrected chi connectivity index (χ3v) is 4.88. The molecule has 0 bridgehead atoms. The molecule has 2 aromatic carbocycles. The second-order valence-electron chi connectivity index (χ2n) is 5.41. The van der Waals surface area contributed by atoms with Gasteiger partial charge in [0, 0.05) is 0 Å². The quantitative estimate of drug-likeness (QED) is 0.751.